The van der Waals surface area contributed by atoms with E-state index in [9.17, 15) is 4.79 Å². The largest absolute Gasteiger partial charge is 0.388 e. The van der Waals surface area contributed by atoms with Gasteiger partial charge in [-0.05, 0) is 37.1 Å². The molecule has 102 valence electrons. The van der Waals surface area contributed by atoms with Gasteiger partial charge in [0.05, 0.1) is 0 Å². The number of para-hydroxylation sites is 1. The predicted molar refractivity (Wildman–Crippen MR) is 80.2 cm³/mol. The van der Waals surface area contributed by atoms with Crippen molar-refractivity contribution in [3.63, 3.8) is 0 Å². The van der Waals surface area contributed by atoms with Crippen molar-refractivity contribution in [1.29, 1.82) is 0 Å². The number of amides is 1. The number of carbonyl (C=O) groups is 1. The van der Waals surface area contributed by atoms with Crippen LogP contribution in [-0.4, -0.2) is 24.0 Å². The molecule has 20 heavy (non-hydrogen) atoms. The zero-order valence-corrected chi connectivity index (χ0v) is 11.6. The van der Waals surface area contributed by atoms with Gasteiger partial charge in [-0.25, -0.2) is 0 Å². The summed E-state index contributed by atoms with van der Waals surface area (Å²) in [4.78, 5) is 18.8. The SMILES string of the molecule is CNc1ccnc(C(=O)N2c3ccccc3CC2C)c1. The average molecular weight is 267 g/mol. The molecule has 4 heteroatoms. The summed E-state index contributed by atoms with van der Waals surface area (Å²) in [5, 5.41) is 3.03. The van der Waals surface area contributed by atoms with Crippen LogP contribution >= 0.6 is 0 Å². The fourth-order valence-electron chi connectivity index (χ4n) is 2.70. The lowest BCUT2D eigenvalue weighted by molar-refractivity contribution is 0.0976. The molecule has 0 radical (unpaired) electrons. The molecule has 1 aromatic heterocycles. The molecule has 1 amide bonds. The van der Waals surface area contributed by atoms with Crippen molar-refractivity contribution >= 4 is 17.3 Å². The summed E-state index contributed by atoms with van der Waals surface area (Å²) >= 11 is 0. The number of hydrogen-bond donors (Lipinski definition) is 1. The Morgan fingerprint density at radius 1 is 1.35 bits per heavy atom. The molecule has 0 bridgehead atoms. The van der Waals surface area contributed by atoms with Crippen molar-refractivity contribution in [3.05, 3.63) is 53.9 Å². The summed E-state index contributed by atoms with van der Waals surface area (Å²) in [7, 11) is 1.83. The molecule has 1 aliphatic heterocycles. The third kappa shape index (κ3) is 2.03. The third-order valence-corrected chi connectivity index (χ3v) is 3.69. The van der Waals surface area contributed by atoms with E-state index >= 15 is 0 Å². The summed E-state index contributed by atoms with van der Waals surface area (Å²) < 4.78 is 0. The minimum Gasteiger partial charge on any atom is -0.388 e. The van der Waals surface area contributed by atoms with Crippen LogP contribution in [0, 0.1) is 0 Å². The second kappa shape index (κ2) is 4.96. The molecule has 1 unspecified atom stereocenters. The molecule has 2 heterocycles. The summed E-state index contributed by atoms with van der Waals surface area (Å²) in [6.45, 7) is 2.07. The Hall–Kier alpha value is -2.36. The lowest BCUT2D eigenvalue weighted by Crippen LogP contribution is -2.36. The Balaban J connectivity index is 1.98. The average Bonchev–Trinajstić information content (AvgIpc) is 2.82. The Morgan fingerprint density at radius 2 is 2.15 bits per heavy atom. The van der Waals surface area contributed by atoms with Crippen molar-refractivity contribution in [2.24, 2.45) is 0 Å². The zero-order valence-electron chi connectivity index (χ0n) is 11.6. The van der Waals surface area contributed by atoms with E-state index in [0.29, 0.717) is 5.69 Å². The summed E-state index contributed by atoms with van der Waals surface area (Å²) in [6.07, 6.45) is 2.55. The van der Waals surface area contributed by atoms with Crippen LogP contribution in [0.4, 0.5) is 11.4 Å². The van der Waals surface area contributed by atoms with E-state index in [0.717, 1.165) is 17.8 Å². The molecule has 1 N–H and O–H groups in total. The van der Waals surface area contributed by atoms with E-state index in [2.05, 4.69) is 23.3 Å². The summed E-state index contributed by atoms with van der Waals surface area (Å²) in [5.41, 5.74) is 3.59. The topological polar surface area (TPSA) is 45.2 Å². The highest BCUT2D eigenvalue weighted by atomic mass is 16.2. The van der Waals surface area contributed by atoms with Gasteiger partial charge in [0.25, 0.3) is 5.91 Å². The van der Waals surface area contributed by atoms with Crippen molar-refractivity contribution in [3.8, 4) is 0 Å². The Kier molecular flexibility index (Phi) is 3.14. The lowest BCUT2D eigenvalue weighted by Gasteiger charge is -2.22. The number of fused-ring (bicyclic) bond motifs is 1. The van der Waals surface area contributed by atoms with Crippen LogP contribution in [0.15, 0.2) is 42.6 Å². The van der Waals surface area contributed by atoms with Gasteiger partial charge in [-0.2, -0.15) is 0 Å². The number of carbonyl (C=O) groups excluding carboxylic acids is 1. The minimum absolute atomic E-state index is 0.0421. The standard InChI is InChI=1S/C16H17N3O/c1-11-9-12-5-3-4-6-15(12)19(11)16(20)14-10-13(17-2)7-8-18-14/h3-8,10-11H,9H2,1-2H3,(H,17,18). The van der Waals surface area contributed by atoms with Gasteiger partial charge >= 0.3 is 0 Å². The molecule has 0 spiro atoms. The number of benzene rings is 1. The molecular weight excluding hydrogens is 250 g/mol. The van der Waals surface area contributed by atoms with Crippen molar-refractivity contribution in [2.45, 2.75) is 19.4 Å². The van der Waals surface area contributed by atoms with Gasteiger partial charge in [-0.15, -0.1) is 0 Å². The van der Waals surface area contributed by atoms with E-state index in [1.165, 1.54) is 5.56 Å². The molecule has 1 aromatic carbocycles. The molecule has 1 atom stereocenters. The molecule has 3 rings (SSSR count). The Labute approximate surface area is 118 Å². The Morgan fingerprint density at radius 3 is 2.95 bits per heavy atom. The normalized spacial score (nSPS) is 16.9. The number of nitrogens with one attached hydrogen (secondary N) is 1. The highest BCUT2D eigenvalue weighted by Gasteiger charge is 2.31. The third-order valence-electron chi connectivity index (χ3n) is 3.69. The molecule has 4 nitrogen and oxygen atoms in total. The van der Waals surface area contributed by atoms with Crippen LogP contribution in [0.3, 0.4) is 0 Å². The fraction of sp³-hybridized carbons (Fsp3) is 0.250. The van der Waals surface area contributed by atoms with E-state index in [1.54, 1.807) is 12.3 Å². The fourth-order valence-corrected chi connectivity index (χ4v) is 2.70. The van der Waals surface area contributed by atoms with E-state index < -0.39 is 0 Å². The van der Waals surface area contributed by atoms with Gasteiger partial charge in [-0.1, -0.05) is 18.2 Å². The molecule has 1 aliphatic rings. The number of hydrogen-bond acceptors (Lipinski definition) is 3. The highest BCUT2D eigenvalue weighted by Crippen LogP contribution is 2.32. The quantitative estimate of drug-likeness (QED) is 0.910. The number of anilines is 2. The van der Waals surface area contributed by atoms with Gasteiger partial charge < -0.3 is 10.2 Å². The molecule has 0 aliphatic carbocycles. The molecule has 0 saturated carbocycles. The maximum Gasteiger partial charge on any atom is 0.277 e. The van der Waals surface area contributed by atoms with Gasteiger partial charge in [-0.3, -0.25) is 9.78 Å². The number of rotatable bonds is 2. The van der Waals surface area contributed by atoms with Crippen molar-refractivity contribution < 1.29 is 4.79 Å². The van der Waals surface area contributed by atoms with E-state index in [-0.39, 0.29) is 11.9 Å². The summed E-state index contributed by atoms with van der Waals surface area (Å²) in [5.74, 6) is -0.0421. The number of nitrogens with zero attached hydrogens (tertiary/aromatic N) is 2. The van der Waals surface area contributed by atoms with Gasteiger partial charge in [0, 0.05) is 30.7 Å². The van der Waals surface area contributed by atoms with Gasteiger partial charge in [0.15, 0.2) is 0 Å². The number of pyridine rings is 1. The summed E-state index contributed by atoms with van der Waals surface area (Å²) in [6, 6.07) is 11.9. The first-order valence-electron chi connectivity index (χ1n) is 6.76. The second-order valence-electron chi connectivity index (χ2n) is 5.04. The second-order valence-corrected chi connectivity index (χ2v) is 5.04. The minimum atomic E-state index is -0.0421. The van der Waals surface area contributed by atoms with Crippen LogP contribution in [0.5, 0.6) is 0 Å². The smallest absolute Gasteiger partial charge is 0.277 e. The molecule has 2 aromatic rings. The predicted octanol–water partition coefficient (Wildman–Crippen LogP) is 2.71. The van der Waals surface area contributed by atoms with Crippen LogP contribution in [0.25, 0.3) is 0 Å². The first-order valence-corrected chi connectivity index (χ1v) is 6.76. The van der Waals surface area contributed by atoms with Crippen LogP contribution in [-0.2, 0) is 6.42 Å². The van der Waals surface area contributed by atoms with Crippen molar-refractivity contribution in [2.75, 3.05) is 17.3 Å². The monoisotopic (exact) mass is 267 g/mol. The van der Waals surface area contributed by atoms with Gasteiger partial charge in [0.2, 0.25) is 0 Å². The molecular formula is C16H17N3O. The maximum atomic E-state index is 12.7. The van der Waals surface area contributed by atoms with E-state index in [1.807, 2.05) is 36.2 Å². The maximum absolute atomic E-state index is 12.7. The van der Waals surface area contributed by atoms with Crippen molar-refractivity contribution in [1.82, 2.24) is 4.98 Å². The van der Waals surface area contributed by atoms with E-state index in [4.69, 9.17) is 0 Å². The molecule has 0 fully saturated rings. The van der Waals surface area contributed by atoms with Crippen LogP contribution in [0.1, 0.15) is 23.0 Å². The zero-order chi connectivity index (χ0) is 14.1. The Bertz CT molecular complexity index is 654. The number of aromatic nitrogens is 1. The lowest BCUT2D eigenvalue weighted by atomic mass is 10.1. The van der Waals surface area contributed by atoms with Crippen LogP contribution < -0.4 is 10.2 Å². The van der Waals surface area contributed by atoms with Crippen LogP contribution in [0.2, 0.25) is 0 Å². The first-order chi connectivity index (χ1) is 9.70. The molecule has 0 saturated heterocycles. The first kappa shape index (κ1) is 12.7. The van der Waals surface area contributed by atoms with Gasteiger partial charge in [0.1, 0.15) is 5.69 Å². The highest BCUT2D eigenvalue weighted by molar-refractivity contribution is 6.06.